The maximum absolute atomic E-state index is 13.3. The molecule has 1 aromatic carbocycles. The minimum atomic E-state index is 0.159. The highest BCUT2D eigenvalue weighted by Gasteiger charge is 2.22. The van der Waals surface area contributed by atoms with Crippen LogP contribution in [-0.2, 0) is 19.4 Å². The molecule has 0 N–H and O–H groups in total. The van der Waals surface area contributed by atoms with Crippen LogP contribution in [0.4, 0.5) is 0 Å². The van der Waals surface area contributed by atoms with Crippen LogP contribution in [0.15, 0.2) is 35.1 Å². The molecule has 4 heteroatoms. The lowest BCUT2D eigenvalue weighted by atomic mass is 9.97. The Morgan fingerprint density at radius 3 is 2.75 bits per heavy atom. The van der Waals surface area contributed by atoms with Crippen LogP contribution in [0.2, 0.25) is 0 Å². The standard InChI is InChI=1S/C20H22N2OS/c1-2-3-13-22-18(14-9-5-4-6-10-14)21-19-17(20(22)23)15-11-7-8-12-16(15)24-19/h4-6,9-10H,2-3,7-8,11-13H2,1H3. The SMILES string of the molecule is CCCCn1c(-c2ccccc2)nc2sc3c(c2c1=O)CCCC3. The second-order valence-corrected chi connectivity index (χ2v) is 7.59. The molecule has 0 radical (unpaired) electrons. The van der Waals surface area contributed by atoms with Gasteiger partial charge in [-0.2, -0.15) is 0 Å². The summed E-state index contributed by atoms with van der Waals surface area (Å²) in [5.74, 6) is 0.820. The van der Waals surface area contributed by atoms with Crippen LogP contribution in [0.3, 0.4) is 0 Å². The summed E-state index contributed by atoms with van der Waals surface area (Å²) in [5.41, 5.74) is 2.47. The van der Waals surface area contributed by atoms with Gasteiger partial charge in [0.2, 0.25) is 0 Å². The van der Waals surface area contributed by atoms with Gasteiger partial charge in [-0.25, -0.2) is 4.98 Å². The number of thiophene rings is 1. The maximum Gasteiger partial charge on any atom is 0.262 e. The van der Waals surface area contributed by atoms with E-state index in [9.17, 15) is 4.79 Å². The van der Waals surface area contributed by atoms with Crippen LogP contribution in [0.25, 0.3) is 21.6 Å². The predicted octanol–water partition coefficient (Wildman–Crippen LogP) is 4.80. The van der Waals surface area contributed by atoms with E-state index in [0.29, 0.717) is 0 Å². The zero-order valence-corrected chi connectivity index (χ0v) is 14.9. The largest absolute Gasteiger partial charge is 0.292 e. The van der Waals surface area contributed by atoms with Crippen LogP contribution in [0.5, 0.6) is 0 Å². The van der Waals surface area contributed by atoms with Crippen molar-refractivity contribution in [2.45, 2.75) is 52.0 Å². The number of rotatable bonds is 4. The van der Waals surface area contributed by atoms with Crippen molar-refractivity contribution < 1.29 is 0 Å². The summed E-state index contributed by atoms with van der Waals surface area (Å²) in [7, 11) is 0. The van der Waals surface area contributed by atoms with Crippen LogP contribution < -0.4 is 5.56 Å². The van der Waals surface area contributed by atoms with Gasteiger partial charge in [0.1, 0.15) is 10.7 Å². The molecule has 0 saturated heterocycles. The Morgan fingerprint density at radius 1 is 1.17 bits per heavy atom. The topological polar surface area (TPSA) is 34.9 Å². The number of unbranched alkanes of at least 4 members (excludes halogenated alkanes) is 1. The molecule has 4 rings (SSSR count). The molecule has 124 valence electrons. The van der Waals surface area contributed by atoms with Crippen LogP contribution >= 0.6 is 11.3 Å². The van der Waals surface area contributed by atoms with E-state index in [0.717, 1.165) is 53.8 Å². The third-order valence-electron chi connectivity index (χ3n) is 4.84. The summed E-state index contributed by atoms with van der Waals surface area (Å²) >= 11 is 1.73. The minimum absolute atomic E-state index is 0.159. The molecule has 3 nitrogen and oxygen atoms in total. The lowest BCUT2D eigenvalue weighted by molar-refractivity contribution is 0.614. The van der Waals surface area contributed by atoms with E-state index < -0.39 is 0 Å². The Morgan fingerprint density at radius 2 is 1.96 bits per heavy atom. The smallest absolute Gasteiger partial charge is 0.262 e. The van der Waals surface area contributed by atoms with Crippen molar-refractivity contribution >= 4 is 21.6 Å². The van der Waals surface area contributed by atoms with Crippen molar-refractivity contribution in [3.05, 3.63) is 51.1 Å². The van der Waals surface area contributed by atoms with E-state index >= 15 is 0 Å². The molecule has 0 unspecified atom stereocenters. The lowest BCUT2D eigenvalue weighted by Gasteiger charge is -2.13. The highest BCUT2D eigenvalue weighted by Crippen LogP contribution is 2.34. The Balaban J connectivity index is 1.99. The molecule has 0 aliphatic heterocycles. The normalized spacial score (nSPS) is 14.0. The molecule has 0 bridgehead atoms. The minimum Gasteiger partial charge on any atom is -0.292 e. The van der Waals surface area contributed by atoms with Crippen molar-refractivity contribution in [2.24, 2.45) is 0 Å². The summed E-state index contributed by atoms with van der Waals surface area (Å²) in [4.78, 5) is 20.5. The van der Waals surface area contributed by atoms with Gasteiger partial charge in [0, 0.05) is 17.0 Å². The summed E-state index contributed by atoms with van der Waals surface area (Å²) in [6.07, 6.45) is 6.62. The second kappa shape index (κ2) is 6.52. The summed E-state index contributed by atoms with van der Waals surface area (Å²) in [6.45, 7) is 2.90. The molecule has 1 aliphatic carbocycles. The van der Waals surface area contributed by atoms with Gasteiger partial charge in [-0.15, -0.1) is 11.3 Å². The van der Waals surface area contributed by atoms with Gasteiger partial charge < -0.3 is 0 Å². The fourth-order valence-corrected chi connectivity index (χ4v) is 4.82. The van der Waals surface area contributed by atoms with E-state index in [1.807, 2.05) is 34.9 Å². The quantitative estimate of drug-likeness (QED) is 0.684. The number of fused-ring (bicyclic) bond motifs is 3. The molecule has 0 amide bonds. The number of aryl methyl sites for hydroxylation is 2. The molecule has 0 spiro atoms. The zero-order valence-electron chi connectivity index (χ0n) is 14.0. The molecular formula is C20H22N2OS. The van der Waals surface area contributed by atoms with Gasteiger partial charge in [0.25, 0.3) is 5.56 Å². The number of aromatic nitrogens is 2. The van der Waals surface area contributed by atoms with Gasteiger partial charge in [-0.3, -0.25) is 9.36 Å². The first-order valence-electron chi connectivity index (χ1n) is 8.90. The van der Waals surface area contributed by atoms with Crippen molar-refractivity contribution in [1.29, 1.82) is 0 Å². The lowest BCUT2D eigenvalue weighted by Crippen LogP contribution is -2.24. The molecule has 24 heavy (non-hydrogen) atoms. The Labute approximate surface area is 146 Å². The maximum atomic E-state index is 13.3. The fraction of sp³-hybridized carbons (Fsp3) is 0.400. The van der Waals surface area contributed by atoms with Gasteiger partial charge in [0.05, 0.1) is 5.39 Å². The zero-order chi connectivity index (χ0) is 16.5. The molecule has 0 fully saturated rings. The Hall–Kier alpha value is -1.94. The van der Waals surface area contributed by atoms with Crippen molar-refractivity contribution in [1.82, 2.24) is 9.55 Å². The number of benzene rings is 1. The summed E-state index contributed by atoms with van der Waals surface area (Å²) in [6, 6.07) is 10.1. The van der Waals surface area contributed by atoms with Crippen LogP contribution in [0, 0.1) is 0 Å². The molecule has 2 aromatic heterocycles. The first-order valence-corrected chi connectivity index (χ1v) is 9.71. The summed E-state index contributed by atoms with van der Waals surface area (Å²) in [5, 5.41) is 0.894. The Bertz CT molecular complexity index is 924. The number of hydrogen-bond donors (Lipinski definition) is 0. The summed E-state index contributed by atoms with van der Waals surface area (Å²) < 4.78 is 1.91. The average molecular weight is 338 g/mol. The van der Waals surface area contributed by atoms with Crippen molar-refractivity contribution in [3.63, 3.8) is 0 Å². The molecule has 1 aliphatic rings. The monoisotopic (exact) mass is 338 g/mol. The third-order valence-corrected chi connectivity index (χ3v) is 6.03. The first-order chi connectivity index (χ1) is 11.8. The number of hydrogen-bond acceptors (Lipinski definition) is 3. The fourth-order valence-electron chi connectivity index (χ4n) is 3.57. The second-order valence-electron chi connectivity index (χ2n) is 6.50. The predicted molar refractivity (Wildman–Crippen MR) is 101 cm³/mol. The van der Waals surface area contributed by atoms with E-state index in [1.54, 1.807) is 11.3 Å². The highest BCUT2D eigenvalue weighted by atomic mass is 32.1. The average Bonchev–Trinajstić information content (AvgIpc) is 3.00. The molecule has 0 saturated carbocycles. The first kappa shape index (κ1) is 15.6. The van der Waals surface area contributed by atoms with E-state index in [4.69, 9.17) is 4.98 Å². The highest BCUT2D eigenvalue weighted by molar-refractivity contribution is 7.18. The van der Waals surface area contributed by atoms with E-state index in [2.05, 4.69) is 6.92 Å². The molecule has 0 atom stereocenters. The third kappa shape index (κ3) is 2.59. The van der Waals surface area contributed by atoms with Gasteiger partial charge in [0.15, 0.2) is 0 Å². The molecule has 3 aromatic rings. The van der Waals surface area contributed by atoms with E-state index in [-0.39, 0.29) is 5.56 Å². The van der Waals surface area contributed by atoms with Gasteiger partial charge in [-0.1, -0.05) is 43.7 Å². The van der Waals surface area contributed by atoms with Crippen molar-refractivity contribution in [3.8, 4) is 11.4 Å². The Kier molecular flexibility index (Phi) is 4.23. The van der Waals surface area contributed by atoms with E-state index in [1.165, 1.54) is 23.3 Å². The van der Waals surface area contributed by atoms with Crippen molar-refractivity contribution in [2.75, 3.05) is 0 Å². The molecular weight excluding hydrogens is 316 g/mol. The van der Waals surface area contributed by atoms with Crippen LogP contribution in [-0.4, -0.2) is 9.55 Å². The molecule has 2 heterocycles. The number of nitrogens with zero attached hydrogens (tertiary/aromatic N) is 2. The van der Waals surface area contributed by atoms with Crippen LogP contribution in [0.1, 0.15) is 43.0 Å². The van der Waals surface area contributed by atoms with Gasteiger partial charge in [-0.05, 0) is 37.7 Å². The van der Waals surface area contributed by atoms with Gasteiger partial charge >= 0.3 is 0 Å².